The van der Waals surface area contributed by atoms with E-state index in [0.29, 0.717) is 18.8 Å². The lowest BCUT2D eigenvalue weighted by atomic mass is 9.96. The van der Waals surface area contributed by atoms with Gasteiger partial charge >= 0.3 is 5.97 Å². The average Bonchev–Trinajstić information content (AvgIpc) is 3.20. The van der Waals surface area contributed by atoms with Crippen LogP contribution < -0.4 is 4.72 Å². The van der Waals surface area contributed by atoms with E-state index < -0.39 is 28.0 Å². The minimum Gasteiger partial charge on any atom is -0.481 e. The Kier molecular flexibility index (Phi) is 4.72. The van der Waals surface area contributed by atoms with Gasteiger partial charge in [-0.05, 0) is 31.6 Å². The summed E-state index contributed by atoms with van der Waals surface area (Å²) in [6.07, 6.45) is 8.92. The first-order chi connectivity index (χ1) is 11.0. The Bertz CT molecular complexity index is 666. The van der Waals surface area contributed by atoms with Crippen molar-refractivity contribution in [2.45, 2.75) is 62.4 Å². The fourth-order valence-electron chi connectivity index (χ4n) is 3.16. The van der Waals surface area contributed by atoms with Crippen molar-refractivity contribution in [3.63, 3.8) is 0 Å². The zero-order chi connectivity index (χ0) is 16.4. The third-order valence-corrected chi connectivity index (χ3v) is 6.15. The van der Waals surface area contributed by atoms with Crippen LogP contribution in [-0.2, 0) is 21.4 Å². The molecule has 1 aromatic heterocycles. The van der Waals surface area contributed by atoms with Crippen molar-refractivity contribution in [1.29, 1.82) is 0 Å². The minimum absolute atomic E-state index is 0.117. The number of aromatic nitrogens is 2. The van der Waals surface area contributed by atoms with E-state index in [0.717, 1.165) is 25.8 Å². The summed E-state index contributed by atoms with van der Waals surface area (Å²) in [5.41, 5.74) is 0. The zero-order valence-corrected chi connectivity index (χ0v) is 13.8. The molecule has 1 aromatic rings. The van der Waals surface area contributed by atoms with Gasteiger partial charge in [-0.1, -0.05) is 19.3 Å². The molecule has 2 saturated carbocycles. The number of hydrogen-bond acceptors (Lipinski definition) is 4. The molecule has 0 spiro atoms. The molecule has 2 atom stereocenters. The molecule has 0 radical (unpaired) electrons. The highest BCUT2D eigenvalue weighted by molar-refractivity contribution is 7.89. The summed E-state index contributed by atoms with van der Waals surface area (Å²) in [4.78, 5) is 11.5. The van der Waals surface area contributed by atoms with E-state index in [2.05, 4.69) is 9.82 Å². The van der Waals surface area contributed by atoms with Gasteiger partial charge in [-0.25, -0.2) is 13.1 Å². The molecule has 0 bridgehead atoms. The van der Waals surface area contributed by atoms with Gasteiger partial charge in [0, 0.05) is 18.8 Å². The van der Waals surface area contributed by atoms with E-state index in [1.807, 2.05) is 0 Å². The molecule has 8 heteroatoms. The number of carbonyl (C=O) groups is 1. The largest absolute Gasteiger partial charge is 0.481 e. The van der Waals surface area contributed by atoms with Gasteiger partial charge in [0.2, 0.25) is 10.0 Å². The smallest absolute Gasteiger partial charge is 0.308 e. The summed E-state index contributed by atoms with van der Waals surface area (Å²) >= 11 is 0. The van der Waals surface area contributed by atoms with Crippen molar-refractivity contribution in [2.24, 2.45) is 11.8 Å². The Labute approximate surface area is 136 Å². The molecule has 0 amide bonds. The monoisotopic (exact) mass is 341 g/mol. The molecule has 0 aliphatic heterocycles. The first-order valence-electron chi connectivity index (χ1n) is 8.23. The highest BCUT2D eigenvalue weighted by atomic mass is 32.2. The number of rotatable bonds is 6. The van der Waals surface area contributed by atoms with E-state index in [-0.39, 0.29) is 4.90 Å². The van der Waals surface area contributed by atoms with Gasteiger partial charge in [0.25, 0.3) is 0 Å². The predicted octanol–water partition coefficient (Wildman–Crippen LogP) is 1.60. The Balaban J connectivity index is 1.72. The highest BCUT2D eigenvalue weighted by Crippen LogP contribution is 2.30. The summed E-state index contributed by atoms with van der Waals surface area (Å²) in [5.74, 6) is -0.977. The number of carboxylic acid groups (broad SMARTS) is 1. The van der Waals surface area contributed by atoms with Crippen molar-refractivity contribution in [1.82, 2.24) is 14.5 Å². The van der Waals surface area contributed by atoms with Gasteiger partial charge in [0.1, 0.15) is 4.90 Å². The van der Waals surface area contributed by atoms with Crippen LogP contribution in [0.15, 0.2) is 17.3 Å². The SMILES string of the molecule is O=C(O)[C@@H]1CCCCC[C@@H]1NS(=O)(=O)c1cnn(CC2CC2)c1. The van der Waals surface area contributed by atoms with E-state index in [4.69, 9.17) is 0 Å². The maximum Gasteiger partial charge on any atom is 0.308 e. The Morgan fingerprint density at radius 1 is 1.26 bits per heavy atom. The number of sulfonamides is 1. The molecular formula is C15H23N3O4S. The summed E-state index contributed by atoms with van der Waals surface area (Å²) in [5, 5.41) is 13.5. The van der Waals surface area contributed by atoms with Crippen LogP contribution in [-0.4, -0.2) is 35.3 Å². The summed E-state index contributed by atoms with van der Waals surface area (Å²) in [6.45, 7) is 0.747. The maximum atomic E-state index is 12.5. The zero-order valence-electron chi connectivity index (χ0n) is 13.0. The van der Waals surface area contributed by atoms with Crippen LogP contribution in [0.1, 0.15) is 44.9 Å². The first-order valence-corrected chi connectivity index (χ1v) is 9.71. The average molecular weight is 341 g/mol. The van der Waals surface area contributed by atoms with Crippen LogP contribution in [0, 0.1) is 11.8 Å². The van der Waals surface area contributed by atoms with E-state index >= 15 is 0 Å². The molecule has 2 aliphatic rings. The summed E-state index contributed by atoms with van der Waals surface area (Å²) in [6, 6.07) is -0.549. The van der Waals surface area contributed by atoms with Crippen molar-refractivity contribution >= 4 is 16.0 Å². The van der Waals surface area contributed by atoms with Crippen LogP contribution in [0.2, 0.25) is 0 Å². The molecule has 1 heterocycles. The summed E-state index contributed by atoms with van der Waals surface area (Å²) < 4.78 is 29.3. The lowest BCUT2D eigenvalue weighted by molar-refractivity contribution is -0.142. The van der Waals surface area contributed by atoms with Gasteiger partial charge in [0.05, 0.1) is 12.1 Å². The van der Waals surface area contributed by atoms with Gasteiger partial charge < -0.3 is 5.11 Å². The van der Waals surface area contributed by atoms with Crippen molar-refractivity contribution < 1.29 is 18.3 Å². The fourth-order valence-corrected chi connectivity index (χ4v) is 4.42. The minimum atomic E-state index is -3.73. The molecule has 2 aliphatic carbocycles. The molecule has 2 fully saturated rings. The second kappa shape index (κ2) is 6.60. The second-order valence-electron chi connectivity index (χ2n) is 6.65. The van der Waals surface area contributed by atoms with Gasteiger partial charge in [-0.15, -0.1) is 0 Å². The molecule has 0 saturated heterocycles. The lowest BCUT2D eigenvalue weighted by Crippen LogP contribution is -2.42. The second-order valence-corrected chi connectivity index (χ2v) is 8.37. The van der Waals surface area contributed by atoms with Crippen LogP contribution in [0.5, 0.6) is 0 Å². The number of nitrogens with one attached hydrogen (secondary N) is 1. The summed E-state index contributed by atoms with van der Waals surface area (Å²) in [7, 11) is -3.73. The van der Waals surface area contributed by atoms with E-state index in [9.17, 15) is 18.3 Å². The van der Waals surface area contributed by atoms with Crippen LogP contribution >= 0.6 is 0 Å². The normalized spacial score (nSPS) is 25.9. The first kappa shape index (κ1) is 16.4. The van der Waals surface area contributed by atoms with Crippen molar-refractivity contribution in [2.75, 3.05) is 0 Å². The molecule has 128 valence electrons. The van der Waals surface area contributed by atoms with Crippen LogP contribution in [0.3, 0.4) is 0 Å². The molecule has 0 unspecified atom stereocenters. The van der Waals surface area contributed by atoms with Gasteiger partial charge in [-0.2, -0.15) is 5.10 Å². The third-order valence-electron chi connectivity index (χ3n) is 4.70. The van der Waals surface area contributed by atoms with Crippen molar-refractivity contribution in [3.8, 4) is 0 Å². The number of nitrogens with zero attached hydrogens (tertiary/aromatic N) is 2. The Hall–Kier alpha value is -1.41. The quantitative estimate of drug-likeness (QED) is 0.765. The van der Waals surface area contributed by atoms with E-state index in [1.165, 1.54) is 25.2 Å². The van der Waals surface area contributed by atoms with Crippen LogP contribution in [0.25, 0.3) is 0 Å². The topological polar surface area (TPSA) is 101 Å². The van der Waals surface area contributed by atoms with Gasteiger partial charge in [0.15, 0.2) is 0 Å². The van der Waals surface area contributed by atoms with Crippen molar-refractivity contribution in [3.05, 3.63) is 12.4 Å². The molecule has 3 rings (SSSR count). The lowest BCUT2D eigenvalue weighted by Gasteiger charge is -2.22. The molecule has 7 nitrogen and oxygen atoms in total. The molecular weight excluding hydrogens is 318 g/mol. The standard InChI is InChI=1S/C15H23N3O4S/c19-15(20)13-4-2-1-3-5-14(13)17-23(21,22)12-8-16-18(10-12)9-11-6-7-11/h8,10-11,13-14,17H,1-7,9H2,(H,19,20)/t13-,14+/m1/s1. The predicted molar refractivity (Wildman–Crippen MR) is 83.3 cm³/mol. The number of aliphatic carboxylic acids is 1. The molecule has 23 heavy (non-hydrogen) atoms. The fraction of sp³-hybridized carbons (Fsp3) is 0.733. The molecule has 0 aromatic carbocycles. The Morgan fingerprint density at radius 3 is 2.70 bits per heavy atom. The van der Waals surface area contributed by atoms with Crippen LogP contribution in [0.4, 0.5) is 0 Å². The van der Waals surface area contributed by atoms with Gasteiger partial charge in [-0.3, -0.25) is 9.48 Å². The molecule has 2 N–H and O–H groups in total. The van der Waals surface area contributed by atoms with E-state index in [1.54, 1.807) is 4.68 Å². The maximum absolute atomic E-state index is 12.5. The Morgan fingerprint density at radius 2 is 2.00 bits per heavy atom. The third kappa shape index (κ3) is 4.11. The highest BCUT2D eigenvalue weighted by Gasteiger charge is 2.33. The number of hydrogen-bond donors (Lipinski definition) is 2. The number of carboxylic acids is 1.